The predicted molar refractivity (Wildman–Crippen MR) is 81.1 cm³/mol. The summed E-state index contributed by atoms with van der Waals surface area (Å²) in [6, 6.07) is 4.54. The summed E-state index contributed by atoms with van der Waals surface area (Å²) in [5.74, 6) is -0.599. The van der Waals surface area contributed by atoms with Crippen LogP contribution >= 0.6 is 0 Å². The maximum absolute atomic E-state index is 13.8. The van der Waals surface area contributed by atoms with E-state index in [-0.39, 0.29) is 11.6 Å². The second-order valence-corrected chi connectivity index (χ2v) is 6.70. The SMILES string of the molecule is CNc1c(F)cccc1C(=O)N1CC(C)(C)OC(C)(C)C1. The zero-order valence-electron chi connectivity index (χ0n) is 13.3. The van der Waals surface area contributed by atoms with E-state index in [1.54, 1.807) is 24.1 Å². The van der Waals surface area contributed by atoms with Gasteiger partial charge in [-0.15, -0.1) is 0 Å². The molecule has 0 atom stereocenters. The van der Waals surface area contributed by atoms with Crippen molar-refractivity contribution < 1.29 is 13.9 Å². The second-order valence-electron chi connectivity index (χ2n) is 6.70. The lowest BCUT2D eigenvalue weighted by Crippen LogP contribution is -2.58. The van der Waals surface area contributed by atoms with E-state index in [1.165, 1.54) is 6.07 Å². The summed E-state index contributed by atoms with van der Waals surface area (Å²) >= 11 is 0. The van der Waals surface area contributed by atoms with Crippen molar-refractivity contribution in [3.8, 4) is 0 Å². The number of ether oxygens (including phenoxy) is 1. The van der Waals surface area contributed by atoms with Crippen molar-refractivity contribution in [2.24, 2.45) is 0 Å². The molecule has 1 amide bonds. The van der Waals surface area contributed by atoms with Crippen LogP contribution in [0.2, 0.25) is 0 Å². The lowest BCUT2D eigenvalue weighted by atomic mass is 9.98. The topological polar surface area (TPSA) is 41.6 Å². The van der Waals surface area contributed by atoms with Gasteiger partial charge in [0.15, 0.2) is 0 Å². The molecule has 0 radical (unpaired) electrons. The van der Waals surface area contributed by atoms with Crippen LogP contribution in [0.5, 0.6) is 0 Å². The largest absolute Gasteiger partial charge is 0.385 e. The Hall–Kier alpha value is -1.62. The number of hydrogen-bond donors (Lipinski definition) is 1. The molecule has 1 saturated heterocycles. The molecule has 2 rings (SSSR count). The highest BCUT2D eigenvalue weighted by molar-refractivity contribution is 5.99. The van der Waals surface area contributed by atoms with Crippen LogP contribution in [0.25, 0.3) is 0 Å². The summed E-state index contributed by atoms with van der Waals surface area (Å²) in [5, 5.41) is 2.77. The van der Waals surface area contributed by atoms with Crippen molar-refractivity contribution in [3.05, 3.63) is 29.6 Å². The summed E-state index contributed by atoms with van der Waals surface area (Å²) in [4.78, 5) is 14.5. The summed E-state index contributed by atoms with van der Waals surface area (Å²) in [5.41, 5.74) is -0.259. The number of morpholine rings is 1. The van der Waals surface area contributed by atoms with Gasteiger partial charge in [0.2, 0.25) is 0 Å². The highest BCUT2D eigenvalue weighted by atomic mass is 19.1. The molecule has 0 saturated carbocycles. The smallest absolute Gasteiger partial charge is 0.256 e. The molecule has 21 heavy (non-hydrogen) atoms. The van der Waals surface area contributed by atoms with Gasteiger partial charge < -0.3 is 15.0 Å². The molecule has 0 aliphatic carbocycles. The molecule has 0 aromatic heterocycles. The molecule has 1 heterocycles. The van der Waals surface area contributed by atoms with E-state index in [4.69, 9.17) is 4.74 Å². The van der Waals surface area contributed by atoms with Gasteiger partial charge in [0.25, 0.3) is 5.91 Å². The Labute approximate surface area is 125 Å². The number of halogens is 1. The molecule has 1 N–H and O–H groups in total. The molecule has 1 aliphatic rings. The maximum atomic E-state index is 13.8. The van der Waals surface area contributed by atoms with Crippen LogP contribution in [0.3, 0.4) is 0 Å². The zero-order valence-corrected chi connectivity index (χ0v) is 13.3. The summed E-state index contributed by atoms with van der Waals surface area (Å²) in [6.45, 7) is 8.79. The van der Waals surface area contributed by atoms with Gasteiger partial charge in [-0.25, -0.2) is 4.39 Å². The second kappa shape index (κ2) is 5.30. The van der Waals surface area contributed by atoms with Gasteiger partial charge in [0.05, 0.1) is 22.5 Å². The molecule has 1 aliphatic heterocycles. The zero-order chi connectivity index (χ0) is 15.8. The van der Waals surface area contributed by atoms with Crippen LogP contribution in [0, 0.1) is 5.82 Å². The van der Waals surface area contributed by atoms with E-state index in [1.807, 2.05) is 27.7 Å². The molecule has 0 spiro atoms. The Morgan fingerprint density at radius 3 is 2.33 bits per heavy atom. The minimum absolute atomic E-state index is 0.177. The first kappa shape index (κ1) is 15.8. The monoisotopic (exact) mass is 294 g/mol. The van der Waals surface area contributed by atoms with E-state index in [0.717, 1.165) is 0 Å². The highest BCUT2D eigenvalue weighted by Crippen LogP contribution is 2.30. The minimum atomic E-state index is -0.426. The first-order valence-corrected chi connectivity index (χ1v) is 7.11. The number of para-hydroxylation sites is 1. The van der Waals surface area contributed by atoms with Gasteiger partial charge in [-0.1, -0.05) is 6.07 Å². The first-order valence-electron chi connectivity index (χ1n) is 7.11. The molecule has 1 aromatic carbocycles. The molecule has 4 nitrogen and oxygen atoms in total. The molecule has 0 unspecified atom stereocenters. The Bertz CT molecular complexity index is 539. The first-order chi connectivity index (χ1) is 9.65. The highest BCUT2D eigenvalue weighted by Gasteiger charge is 2.40. The van der Waals surface area contributed by atoms with Gasteiger partial charge >= 0.3 is 0 Å². The lowest BCUT2D eigenvalue weighted by Gasteiger charge is -2.47. The van der Waals surface area contributed by atoms with Crippen LogP contribution in [0.4, 0.5) is 10.1 Å². The normalized spacial score (nSPS) is 20.2. The Morgan fingerprint density at radius 2 is 1.81 bits per heavy atom. The fourth-order valence-electron chi connectivity index (χ4n) is 3.06. The molecular weight excluding hydrogens is 271 g/mol. The summed E-state index contributed by atoms with van der Waals surface area (Å²) in [7, 11) is 1.61. The van der Waals surface area contributed by atoms with E-state index in [2.05, 4.69) is 5.32 Å². The number of amides is 1. The number of hydrogen-bond acceptors (Lipinski definition) is 3. The number of carbonyl (C=O) groups is 1. The van der Waals surface area contributed by atoms with E-state index in [9.17, 15) is 9.18 Å². The van der Waals surface area contributed by atoms with E-state index in [0.29, 0.717) is 18.7 Å². The molecular formula is C16H23FN2O2. The fourth-order valence-corrected chi connectivity index (χ4v) is 3.06. The molecule has 0 bridgehead atoms. The number of anilines is 1. The average Bonchev–Trinajstić information content (AvgIpc) is 2.33. The van der Waals surface area contributed by atoms with Gasteiger partial charge in [0.1, 0.15) is 5.82 Å². The number of nitrogens with zero attached hydrogens (tertiary/aromatic N) is 1. The van der Waals surface area contributed by atoms with Crippen molar-refractivity contribution in [2.75, 3.05) is 25.5 Å². The van der Waals surface area contributed by atoms with Gasteiger partial charge in [-0.2, -0.15) is 0 Å². The van der Waals surface area contributed by atoms with Gasteiger partial charge in [-0.05, 0) is 39.8 Å². The van der Waals surface area contributed by atoms with Crippen molar-refractivity contribution in [2.45, 2.75) is 38.9 Å². The van der Waals surface area contributed by atoms with Crippen molar-refractivity contribution in [1.82, 2.24) is 4.90 Å². The number of rotatable bonds is 2. The fraction of sp³-hybridized carbons (Fsp3) is 0.562. The number of nitrogens with one attached hydrogen (secondary N) is 1. The van der Waals surface area contributed by atoms with Crippen molar-refractivity contribution in [3.63, 3.8) is 0 Å². The predicted octanol–water partition coefficient (Wildman–Crippen LogP) is 2.90. The third-order valence-electron chi connectivity index (χ3n) is 3.48. The lowest BCUT2D eigenvalue weighted by molar-refractivity contribution is -0.171. The van der Waals surface area contributed by atoms with Gasteiger partial charge in [0, 0.05) is 20.1 Å². The summed E-state index contributed by atoms with van der Waals surface area (Å²) < 4.78 is 19.8. The maximum Gasteiger partial charge on any atom is 0.256 e. The quantitative estimate of drug-likeness (QED) is 0.912. The number of carbonyl (C=O) groups excluding carboxylic acids is 1. The molecule has 1 aromatic rings. The van der Waals surface area contributed by atoms with Crippen LogP contribution in [-0.2, 0) is 4.74 Å². The molecule has 116 valence electrons. The molecule has 1 fully saturated rings. The third kappa shape index (κ3) is 3.35. The van der Waals surface area contributed by atoms with Crippen molar-refractivity contribution >= 4 is 11.6 Å². The van der Waals surface area contributed by atoms with Gasteiger partial charge in [-0.3, -0.25) is 4.79 Å². The molecule has 5 heteroatoms. The Kier molecular flexibility index (Phi) is 3.97. The van der Waals surface area contributed by atoms with Crippen LogP contribution in [0.15, 0.2) is 18.2 Å². The van der Waals surface area contributed by atoms with Crippen LogP contribution in [-0.4, -0.2) is 42.1 Å². The van der Waals surface area contributed by atoms with Crippen LogP contribution < -0.4 is 5.32 Å². The van der Waals surface area contributed by atoms with Crippen molar-refractivity contribution in [1.29, 1.82) is 0 Å². The van der Waals surface area contributed by atoms with E-state index < -0.39 is 17.0 Å². The summed E-state index contributed by atoms with van der Waals surface area (Å²) in [6.07, 6.45) is 0. The average molecular weight is 294 g/mol. The Morgan fingerprint density at radius 1 is 1.24 bits per heavy atom. The minimum Gasteiger partial charge on any atom is -0.385 e. The number of benzene rings is 1. The standard InChI is InChI=1S/C16H23FN2O2/c1-15(2)9-19(10-16(3,4)21-15)14(20)11-7-6-8-12(17)13(11)18-5/h6-8,18H,9-10H2,1-5H3. The van der Waals surface area contributed by atoms with E-state index >= 15 is 0 Å². The Balaban J connectivity index is 2.34. The van der Waals surface area contributed by atoms with Crippen LogP contribution in [0.1, 0.15) is 38.1 Å². The third-order valence-corrected chi connectivity index (χ3v) is 3.48.